The van der Waals surface area contributed by atoms with Gasteiger partial charge < -0.3 is 14.4 Å². The lowest BCUT2D eigenvalue weighted by atomic mass is 9.90. The van der Waals surface area contributed by atoms with Crippen molar-refractivity contribution in [1.29, 1.82) is 0 Å². The fraction of sp³-hybridized carbons (Fsp3) is 0.385. The number of aromatic nitrogens is 1. The van der Waals surface area contributed by atoms with Crippen molar-refractivity contribution in [1.82, 2.24) is 9.47 Å². The molecule has 0 bridgehead atoms. The zero-order chi connectivity index (χ0) is 22.4. The van der Waals surface area contributed by atoms with Crippen LogP contribution in [-0.4, -0.2) is 42.7 Å². The molecule has 1 amide bonds. The number of carbonyl (C=O) groups is 1. The molecular formula is C26H28N2O4. The fourth-order valence-corrected chi connectivity index (χ4v) is 4.82. The van der Waals surface area contributed by atoms with Crippen LogP contribution in [0, 0.1) is 0 Å². The first-order valence-electron chi connectivity index (χ1n) is 11.2. The maximum Gasteiger partial charge on any atom is 0.263 e. The van der Waals surface area contributed by atoms with E-state index in [1.807, 2.05) is 19.2 Å². The maximum atomic E-state index is 13.7. The van der Waals surface area contributed by atoms with Gasteiger partial charge in [-0.2, -0.15) is 0 Å². The van der Waals surface area contributed by atoms with Crippen LogP contribution in [0.3, 0.4) is 0 Å². The maximum absolute atomic E-state index is 13.7. The third-order valence-electron chi connectivity index (χ3n) is 6.80. The van der Waals surface area contributed by atoms with Gasteiger partial charge in [0.15, 0.2) is 11.5 Å². The third kappa shape index (κ3) is 3.34. The second-order valence-corrected chi connectivity index (χ2v) is 8.74. The Hall–Kier alpha value is -3.28. The zero-order valence-corrected chi connectivity index (χ0v) is 18.8. The van der Waals surface area contributed by atoms with Gasteiger partial charge in [0.25, 0.3) is 11.5 Å². The number of pyridine rings is 1. The van der Waals surface area contributed by atoms with Gasteiger partial charge in [0.1, 0.15) is 0 Å². The monoisotopic (exact) mass is 432 g/mol. The van der Waals surface area contributed by atoms with E-state index in [0.29, 0.717) is 27.8 Å². The van der Waals surface area contributed by atoms with Crippen molar-refractivity contribution in [3.63, 3.8) is 0 Å². The highest BCUT2D eigenvalue weighted by Gasteiger charge is 2.32. The smallest absolute Gasteiger partial charge is 0.263 e. The second-order valence-electron chi connectivity index (χ2n) is 8.74. The summed E-state index contributed by atoms with van der Waals surface area (Å²) in [6.07, 6.45) is 7.98. The minimum atomic E-state index is -0.162. The van der Waals surface area contributed by atoms with Crippen molar-refractivity contribution >= 4 is 16.7 Å². The number of fused-ring (bicyclic) bond motifs is 2. The van der Waals surface area contributed by atoms with Crippen LogP contribution >= 0.6 is 0 Å². The van der Waals surface area contributed by atoms with E-state index in [2.05, 4.69) is 6.07 Å². The van der Waals surface area contributed by atoms with E-state index in [9.17, 15) is 9.59 Å². The van der Waals surface area contributed by atoms with E-state index in [0.717, 1.165) is 44.2 Å². The fourth-order valence-electron chi connectivity index (χ4n) is 4.82. The van der Waals surface area contributed by atoms with Crippen LogP contribution in [0.25, 0.3) is 16.5 Å². The van der Waals surface area contributed by atoms with E-state index >= 15 is 0 Å². The lowest BCUT2D eigenvalue weighted by Gasteiger charge is -2.23. The molecule has 2 aliphatic rings. The summed E-state index contributed by atoms with van der Waals surface area (Å²) in [5.41, 5.74) is 3.70. The number of hydrogen-bond donors (Lipinski definition) is 0. The molecule has 3 aromatic rings. The topological polar surface area (TPSA) is 60.8 Å². The van der Waals surface area contributed by atoms with E-state index < -0.39 is 0 Å². The lowest BCUT2D eigenvalue weighted by molar-refractivity contribution is 0.0786. The molecule has 1 aromatic heterocycles. The molecule has 0 aliphatic heterocycles. The molecule has 32 heavy (non-hydrogen) atoms. The Kier molecular flexibility index (Phi) is 5.16. The normalized spacial score (nSPS) is 15.3. The van der Waals surface area contributed by atoms with Gasteiger partial charge >= 0.3 is 0 Å². The minimum absolute atomic E-state index is 0.0803. The number of benzene rings is 2. The molecule has 0 radical (unpaired) electrons. The summed E-state index contributed by atoms with van der Waals surface area (Å²) in [6.45, 7) is 0. The molecular weight excluding hydrogens is 404 g/mol. The van der Waals surface area contributed by atoms with Crippen LogP contribution in [0.5, 0.6) is 11.5 Å². The predicted octanol–water partition coefficient (Wildman–Crippen LogP) is 4.12. The average Bonchev–Trinajstić information content (AvgIpc) is 3.68. The van der Waals surface area contributed by atoms with Crippen LogP contribution in [-0.2, 0) is 12.8 Å². The van der Waals surface area contributed by atoms with Gasteiger partial charge in [0.2, 0.25) is 0 Å². The minimum Gasteiger partial charge on any atom is -0.493 e. The Morgan fingerprint density at radius 2 is 1.72 bits per heavy atom. The van der Waals surface area contributed by atoms with Crippen LogP contribution in [0.1, 0.15) is 47.2 Å². The second kappa shape index (κ2) is 8.01. The van der Waals surface area contributed by atoms with Gasteiger partial charge in [-0.15, -0.1) is 0 Å². The number of nitrogens with zero attached hydrogens (tertiary/aromatic N) is 2. The molecule has 1 heterocycles. The molecule has 5 rings (SSSR count). The molecule has 0 spiro atoms. The van der Waals surface area contributed by atoms with E-state index in [4.69, 9.17) is 9.47 Å². The van der Waals surface area contributed by atoms with E-state index in [1.54, 1.807) is 42.0 Å². The summed E-state index contributed by atoms with van der Waals surface area (Å²) < 4.78 is 12.6. The average molecular weight is 433 g/mol. The Labute approximate surface area is 187 Å². The number of carbonyl (C=O) groups excluding carboxylic acids is 1. The van der Waals surface area contributed by atoms with Gasteiger partial charge in [0.05, 0.1) is 30.9 Å². The van der Waals surface area contributed by atoms with Crippen molar-refractivity contribution in [3.8, 4) is 17.2 Å². The summed E-state index contributed by atoms with van der Waals surface area (Å²) in [7, 11) is 4.94. The summed E-state index contributed by atoms with van der Waals surface area (Å²) in [6, 6.07) is 9.83. The van der Waals surface area contributed by atoms with Crippen LogP contribution in [0.2, 0.25) is 0 Å². The van der Waals surface area contributed by atoms with Crippen molar-refractivity contribution < 1.29 is 14.3 Å². The number of amides is 1. The highest BCUT2D eigenvalue weighted by atomic mass is 16.5. The van der Waals surface area contributed by atoms with Crippen LogP contribution in [0.15, 0.2) is 41.3 Å². The van der Waals surface area contributed by atoms with Crippen molar-refractivity contribution in [3.05, 3.63) is 63.6 Å². The van der Waals surface area contributed by atoms with E-state index in [1.165, 1.54) is 11.1 Å². The summed E-state index contributed by atoms with van der Waals surface area (Å²) in [4.78, 5) is 29.0. The largest absolute Gasteiger partial charge is 0.493 e. The highest BCUT2D eigenvalue weighted by molar-refractivity contribution is 6.07. The molecule has 0 unspecified atom stereocenters. The van der Waals surface area contributed by atoms with Crippen LogP contribution in [0.4, 0.5) is 0 Å². The SMILES string of the molecule is COc1cc2c(C(=O)N(C)C3CC3)cn(-c3cccc4c3CCCC4)c(=O)c2cc1OC. The molecule has 1 fully saturated rings. The zero-order valence-electron chi connectivity index (χ0n) is 18.8. The number of hydrogen-bond acceptors (Lipinski definition) is 4. The highest BCUT2D eigenvalue weighted by Crippen LogP contribution is 2.35. The Morgan fingerprint density at radius 1 is 1.03 bits per heavy atom. The first-order chi connectivity index (χ1) is 15.5. The number of rotatable bonds is 5. The Bertz CT molecular complexity index is 1270. The van der Waals surface area contributed by atoms with Gasteiger partial charge in [-0.25, -0.2) is 0 Å². The summed E-state index contributed by atoms with van der Waals surface area (Å²) in [5, 5.41) is 1.04. The molecule has 0 atom stereocenters. The predicted molar refractivity (Wildman–Crippen MR) is 124 cm³/mol. The Morgan fingerprint density at radius 3 is 2.41 bits per heavy atom. The first kappa shape index (κ1) is 20.6. The molecule has 6 nitrogen and oxygen atoms in total. The number of methoxy groups -OCH3 is 2. The Balaban J connectivity index is 1.80. The van der Waals surface area contributed by atoms with Crippen molar-refractivity contribution in [2.24, 2.45) is 0 Å². The lowest BCUT2D eigenvalue weighted by Crippen LogP contribution is -2.31. The number of aryl methyl sites for hydroxylation is 1. The quantitative estimate of drug-likeness (QED) is 0.609. The summed E-state index contributed by atoms with van der Waals surface area (Å²) >= 11 is 0. The summed E-state index contributed by atoms with van der Waals surface area (Å²) in [5.74, 6) is 0.888. The molecule has 166 valence electrons. The molecule has 2 aromatic carbocycles. The molecule has 6 heteroatoms. The molecule has 1 saturated carbocycles. The standard InChI is InChI=1S/C26H28N2O4/c1-27(17-11-12-17)25(29)21-15-28(22-10-6-8-16-7-4-5-9-18(16)22)26(30)20-14-24(32-3)23(31-2)13-19(20)21/h6,8,10,13-15,17H,4-5,7,9,11-12H2,1-3H3. The van der Waals surface area contributed by atoms with Gasteiger partial charge in [-0.1, -0.05) is 12.1 Å². The van der Waals surface area contributed by atoms with Crippen molar-refractivity contribution in [2.75, 3.05) is 21.3 Å². The third-order valence-corrected chi connectivity index (χ3v) is 6.80. The molecule has 0 N–H and O–H groups in total. The van der Waals surface area contributed by atoms with Gasteiger partial charge in [-0.05, 0) is 67.9 Å². The molecule has 2 aliphatic carbocycles. The molecule has 0 saturated heterocycles. The van der Waals surface area contributed by atoms with Gasteiger partial charge in [0, 0.05) is 24.7 Å². The van der Waals surface area contributed by atoms with Crippen molar-refractivity contribution in [2.45, 2.75) is 44.6 Å². The van der Waals surface area contributed by atoms with Crippen LogP contribution < -0.4 is 15.0 Å². The van der Waals surface area contributed by atoms with E-state index in [-0.39, 0.29) is 17.5 Å². The number of ether oxygens (including phenoxy) is 2. The first-order valence-corrected chi connectivity index (χ1v) is 11.2. The van der Waals surface area contributed by atoms with Gasteiger partial charge in [-0.3, -0.25) is 14.2 Å².